The number of halogens is 1. The summed E-state index contributed by atoms with van der Waals surface area (Å²) in [6, 6.07) is 7.20. The minimum atomic E-state index is -0.117. The Morgan fingerprint density at radius 1 is 1.38 bits per heavy atom. The fourth-order valence-electron chi connectivity index (χ4n) is 1.64. The molecular weight excluding hydrogens is 292 g/mol. The first-order valence-corrected chi connectivity index (χ1v) is 6.73. The molecule has 6 nitrogen and oxygen atoms in total. The molecule has 0 aliphatic carbocycles. The maximum Gasteiger partial charge on any atom is 0.221 e. The molecule has 0 radical (unpaired) electrons. The minimum Gasteiger partial charge on any atom is -0.492 e. The molecule has 0 saturated heterocycles. The lowest BCUT2D eigenvalue weighted by molar-refractivity contribution is -0.114. The highest BCUT2D eigenvalue weighted by atomic mass is 35.5. The molecule has 0 bridgehead atoms. The summed E-state index contributed by atoms with van der Waals surface area (Å²) in [5.74, 6) is 1.16. The van der Waals surface area contributed by atoms with Crippen LogP contribution in [-0.2, 0) is 4.79 Å². The SMILES string of the molecule is CC(=O)Nc1cccc(OCCNc2cncc(Cl)n2)c1. The van der Waals surface area contributed by atoms with Gasteiger partial charge in [-0.3, -0.25) is 9.78 Å². The molecule has 1 amide bonds. The van der Waals surface area contributed by atoms with Crippen LogP contribution in [0.2, 0.25) is 5.15 Å². The van der Waals surface area contributed by atoms with Crippen LogP contribution in [0.5, 0.6) is 5.75 Å². The number of aromatic nitrogens is 2. The molecule has 2 N–H and O–H groups in total. The molecule has 0 aliphatic rings. The average molecular weight is 307 g/mol. The lowest BCUT2D eigenvalue weighted by atomic mass is 10.3. The van der Waals surface area contributed by atoms with Crippen molar-refractivity contribution in [3.05, 3.63) is 41.8 Å². The zero-order valence-electron chi connectivity index (χ0n) is 11.5. The van der Waals surface area contributed by atoms with Crippen molar-refractivity contribution in [3.63, 3.8) is 0 Å². The number of carbonyl (C=O) groups excluding carboxylic acids is 1. The normalized spacial score (nSPS) is 10.0. The van der Waals surface area contributed by atoms with Crippen molar-refractivity contribution in [1.29, 1.82) is 0 Å². The molecule has 7 heteroatoms. The average Bonchev–Trinajstić information content (AvgIpc) is 2.43. The second-order valence-corrected chi connectivity index (χ2v) is 4.60. The molecule has 110 valence electrons. The van der Waals surface area contributed by atoms with Crippen molar-refractivity contribution in [1.82, 2.24) is 9.97 Å². The van der Waals surface area contributed by atoms with Crippen LogP contribution in [-0.4, -0.2) is 29.0 Å². The lowest BCUT2D eigenvalue weighted by Crippen LogP contribution is -2.12. The molecule has 21 heavy (non-hydrogen) atoms. The number of rotatable bonds is 6. The van der Waals surface area contributed by atoms with Gasteiger partial charge in [-0.1, -0.05) is 17.7 Å². The van der Waals surface area contributed by atoms with Crippen LogP contribution in [0.3, 0.4) is 0 Å². The summed E-state index contributed by atoms with van der Waals surface area (Å²) in [6.45, 7) is 2.46. The van der Waals surface area contributed by atoms with Crippen molar-refractivity contribution in [2.24, 2.45) is 0 Å². The Morgan fingerprint density at radius 3 is 3.00 bits per heavy atom. The summed E-state index contributed by atoms with van der Waals surface area (Å²) >= 11 is 5.73. The van der Waals surface area contributed by atoms with Gasteiger partial charge >= 0.3 is 0 Å². The summed E-state index contributed by atoms with van der Waals surface area (Å²) in [6.07, 6.45) is 3.06. The van der Waals surface area contributed by atoms with Crippen molar-refractivity contribution < 1.29 is 9.53 Å². The van der Waals surface area contributed by atoms with E-state index in [4.69, 9.17) is 16.3 Å². The van der Waals surface area contributed by atoms with Gasteiger partial charge in [0.2, 0.25) is 5.91 Å². The number of hydrogen-bond acceptors (Lipinski definition) is 5. The molecule has 1 aromatic carbocycles. The Kier molecular flexibility index (Phi) is 5.34. The highest BCUT2D eigenvalue weighted by molar-refractivity contribution is 6.29. The molecule has 1 heterocycles. The lowest BCUT2D eigenvalue weighted by Gasteiger charge is -2.09. The van der Waals surface area contributed by atoms with E-state index in [2.05, 4.69) is 20.6 Å². The minimum absolute atomic E-state index is 0.117. The smallest absolute Gasteiger partial charge is 0.221 e. The van der Waals surface area contributed by atoms with Gasteiger partial charge in [-0.15, -0.1) is 0 Å². The van der Waals surface area contributed by atoms with Crippen LogP contribution in [0.1, 0.15) is 6.92 Å². The molecule has 2 rings (SSSR count). The van der Waals surface area contributed by atoms with Gasteiger partial charge in [-0.2, -0.15) is 0 Å². The summed E-state index contributed by atoms with van der Waals surface area (Å²) in [4.78, 5) is 19.0. The summed E-state index contributed by atoms with van der Waals surface area (Å²) in [5.41, 5.74) is 0.702. The quantitative estimate of drug-likeness (QED) is 0.802. The Morgan fingerprint density at radius 2 is 2.24 bits per heavy atom. The second-order valence-electron chi connectivity index (χ2n) is 4.21. The Balaban J connectivity index is 1.79. The monoisotopic (exact) mass is 306 g/mol. The zero-order chi connectivity index (χ0) is 15.1. The molecular formula is C14H15ClN4O2. The van der Waals surface area contributed by atoms with Gasteiger partial charge in [-0.25, -0.2) is 4.98 Å². The predicted octanol–water partition coefficient (Wildman–Crippen LogP) is 2.58. The summed E-state index contributed by atoms with van der Waals surface area (Å²) in [5, 5.41) is 6.09. The van der Waals surface area contributed by atoms with Gasteiger partial charge in [0.25, 0.3) is 0 Å². The summed E-state index contributed by atoms with van der Waals surface area (Å²) < 4.78 is 5.59. The fourth-order valence-corrected chi connectivity index (χ4v) is 1.79. The van der Waals surface area contributed by atoms with Gasteiger partial charge in [0, 0.05) is 18.7 Å². The van der Waals surface area contributed by atoms with Crippen LogP contribution in [0.25, 0.3) is 0 Å². The first kappa shape index (κ1) is 15.1. The van der Waals surface area contributed by atoms with Crippen LogP contribution in [0.15, 0.2) is 36.7 Å². The number of nitrogens with zero attached hydrogens (tertiary/aromatic N) is 2. The Labute approximate surface area is 127 Å². The third kappa shape index (κ3) is 5.27. The van der Waals surface area contributed by atoms with Crippen LogP contribution >= 0.6 is 11.6 Å². The van der Waals surface area contributed by atoms with E-state index in [1.165, 1.54) is 13.1 Å². The Bertz CT molecular complexity index is 621. The van der Waals surface area contributed by atoms with Crippen LogP contribution < -0.4 is 15.4 Å². The van der Waals surface area contributed by atoms with E-state index >= 15 is 0 Å². The molecule has 0 aliphatic heterocycles. The number of amides is 1. The number of benzene rings is 1. The van der Waals surface area contributed by atoms with Crippen molar-refractivity contribution in [2.75, 3.05) is 23.8 Å². The molecule has 2 aromatic rings. The van der Waals surface area contributed by atoms with Gasteiger partial charge in [0.05, 0.1) is 18.9 Å². The van der Waals surface area contributed by atoms with E-state index in [-0.39, 0.29) is 5.91 Å². The number of ether oxygens (including phenoxy) is 1. The van der Waals surface area contributed by atoms with Crippen molar-refractivity contribution >= 4 is 29.0 Å². The second kappa shape index (κ2) is 7.44. The number of carbonyl (C=O) groups is 1. The molecule has 0 saturated carbocycles. The maximum absolute atomic E-state index is 11.0. The highest BCUT2D eigenvalue weighted by Crippen LogP contribution is 2.17. The van der Waals surface area contributed by atoms with E-state index in [0.717, 1.165) is 0 Å². The Hall–Kier alpha value is -2.34. The van der Waals surface area contributed by atoms with E-state index in [1.807, 2.05) is 12.1 Å². The topological polar surface area (TPSA) is 76.1 Å². The van der Waals surface area contributed by atoms with E-state index < -0.39 is 0 Å². The highest BCUT2D eigenvalue weighted by Gasteiger charge is 1.99. The van der Waals surface area contributed by atoms with Crippen molar-refractivity contribution in [3.8, 4) is 5.75 Å². The number of nitrogens with one attached hydrogen (secondary N) is 2. The van der Waals surface area contributed by atoms with Gasteiger partial charge in [0.1, 0.15) is 23.3 Å². The van der Waals surface area contributed by atoms with Gasteiger partial charge in [-0.05, 0) is 12.1 Å². The van der Waals surface area contributed by atoms with Crippen LogP contribution in [0, 0.1) is 0 Å². The fraction of sp³-hybridized carbons (Fsp3) is 0.214. The van der Waals surface area contributed by atoms with Gasteiger partial charge in [0.15, 0.2) is 0 Å². The van der Waals surface area contributed by atoms with E-state index in [9.17, 15) is 4.79 Å². The first-order valence-electron chi connectivity index (χ1n) is 6.35. The molecule has 0 unspecified atom stereocenters. The van der Waals surface area contributed by atoms with Crippen molar-refractivity contribution in [2.45, 2.75) is 6.92 Å². The molecule has 0 spiro atoms. The van der Waals surface area contributed by atoms with Crippen LogP contribution in [0.4, 0.5) is 11.5 Å². The maximum atomic E-state index is 11.0. The molecule has 1 aromatic heterocycles. The predicted molar refractivity (Wildman–Crippen MR) is 81.8 cm³/mol. The first-order chi connectivity index (χ1) is 10.1. The molecule has 0 atom stereocenters. The van der Waals surface area contributed by atoms with E-state index in [0.29, 0.717) is 35.6 Å². The summed E-state index contributed by atoms with van der Waals surface area (Å²) in [7, 11) is 0. The molecule has 0 fully saturated rings. The standard InChI is InChI=1S/C14H15ClN4O2/c1-10(20)18-11-3-2-4-12(7-11)21-6-5-17-14-9-16-8-13(15)19-14/h2-4,7-9H,5-6H2,1H3,(H,17,19)(H,18,20). The zero-order valence-corrected chi connectivity index (χ0v) is 12.2. The largest absolute Gasteiger partial charge is 0.492 e. The van der Waals surface area contributed by atoms with E-state index in [1.54, 1.807) is 18.3 Å². The number of hydrogen-bond donors (Lipinski definition) is 2. The third-order valence-corrected chi connectivity index (χ3v) is 2.62. The number of anilines is 2. The third-order valence-electron chi connectivity index (χ3n) is 2.44. The van der Waals surface area contributed by atoms with Gasteiger partial charge < -0.3 is 15.4 Å².